The van der Waals surface area contributed by atoms with Crippen molar-refractivity contribution in [3.63, 3.8) is 0 Å². The predicted molar refractivity (Wildman–Crippen MR) is 147 cm³/mol. The third-order valence-electron chi connectivity index (χ3n) is 6.85. The lowest BCUT2D eigenvalue weighted by Gasteiger charge is -2.23. The molecule has 1 saturated carbocycles. The molecule has 0 radical (unpaired) electrons. The maximum Gasteiger partial charge on any atom is 0.387 e. The van der Waals surface area contributed by atoms with E-state index in [4.69, 9.17) is 37.4 Å². The fraction of sp³-hybridized carbons (Fsp3) is 0.345. The molecule has 2 aromatic carbocycles. The largest absolute Gasteiger partial charge is 0.497 e. The fourth-order valence-corrected chi connectivity index (χ4v) is 5.07. The number of fused-ring (bicyclic) bond motifs is 1. The number of halogens is 4. The summed E-state index contributed by atoms with van der Waals surface area (Å²) in [7, 11) is 1.53. The van der Waals surface area contributed by atoms with Crippen LogP contribution in [0.1, 0.15) is 35.6 Å². The zero-order valence-electron chi connectivity index (χ0n) is 21.9. The molecule has 1 amide bonds. The standard InChI is InChI=1S/C29H26Cl2F2N2O6/c1-38-19-5-6-23-18(8-19)10-27(36)35(23)14-28(37)40-25(11-20-21(30)12-34-13-22(20)31)17-4-7-24(41-29(32)33)26(9-17)39-15-16-2-3-16/h4-9,12-13,16,25,29H,2-3,10-11,14-15H2,1H3/t25-/m0/s1. The van der Waals surface area contributed by atoms with Gasteiger partial charge in [-0.2, -0.15) is 8.78 Å². The summed E-state index contributed by atoms with van der Waals surface area (Å²) in [5.41, 5.74) is 2.24. The van der Waals surface area contributed by atoms with E-state index in [2.05, 4.69) is 9.72 Å². The molecule has 1 fully saturated rings. The monoisotopic (exact) mass is 606 g/mol. The molecule has 2 aliphatic rings. The van der Waals surface area contributed by atoms with Crippen LogP contribution in [0.5, 0.6) is 17.2 Å². The minimum atomic E-state index is -3.05. The van der Waals surface area contributed by atoms with Gasteiger partial charge in [0.1, 0.15) is 18.4 Å². The van der Waals surface area contributed by atoms with Gasteiger partial charge in [0.15, 0.2) is 11.5 Å². The molecule has 0 N–H and O–H groups in total. The van der Waals surface area contributed by atoms with Gasteiger partial charge in [-0.15, -0.1) is 0 Å². The molecule has 216 valence electrons. The number of pyridine rings is 1. The number of amides is 1. The summed E-state index contributed by atoms with van der Waals surface area (Å²) in [5.74, 6) is -0.0367. The highest BCUT2D eigenvalue weighted by molar-refractivity contribution is 6.35. The lowest BCUT2D eigenvalue weighted by molar-refractivity contribution is -0.148. The first kappa shape index (κ1) is 28.9. The van der Waals surface area contributed by atoms with Gasteiger partial charge in [0.25, 0.3) is 0 Å². The number of alkyl halides is 2. The molecule has 1 aliphatic heterocycles. The van der Waals surface area contributed by atoms with E-state index in [9.17, 15) is 18.4 Å². The molecular weight excluding hydrogens is 581 g/mol. The Hall–Kier alpha value is -3.63. The summed E-state index contributed by atoms with van der Waals surface area (Å²) in [5, 5.41) is 0.526. The number of ether oxygens (including phenoxy) is 4. The molecule has 1 aliphatic carbocycles. The Morgan fingerprint density at radius 2 is 1.85 bits per heavy atom. The zero-order chi connectivity index (χ0) is 29.1. The molecule has 8 nitrogen and oxygen atoms in total. The van der Waals surface area contributed by atoms with Crippen LogP contribution in [0.3, 0.4) is 0 Å². The van der Waals surface area contributed by atoms with Crippen molar-refractivity contribution in [1.82, 2.24) is 4.98 Å². The van der Waals surface area contributed by atoms with E-state index in [-0.39, 0.29) is 46.8 Å². The number of hydrogen-bond donors (Lipinski definition) is 0. The lowest BCUT2D eigenvalue weighted by Crippen LogP contribution is -2.34. The first-order valence-electron chi connectivity index (χ1n) is 12.9. The van der Waals surface area contributed by atoms with Crippen molar-refractivity contribution in [2.75, 3.05) is 25.2 Å². The van der Waals surface area contributed by atoms with Crippen molar-refractivity contribution in [2.45, 2.75) is 38.4 Å². The van der Waals surface area contributed by atoms with Gasteiger partial charge in [0.05, 0.1) is 30.2 Å². The second-order valence-electron chi connectivity index (χ2n) is 9.75. The summed E-state index contributed by atoms with van der Waals surface area (Å²) >= 11 is 12.7. The topological polar surface area (TPSA) is 87.2 Å². The number of anilines is 1. The molecule has 3 aromatic rings. The third kappa shape index (κ3) is 7.00. The van der Waals surface area contributed by atoms with Crippen molar-refractivity contribution in [3.8, 4) is 17.2 Å². The van der Waals surface area contributed by atoms with Crippen molar-refractivity contribution >= 4 is 40.8 Å². The average molecular weight is 607 g/mol. The molecule has 0 saturated heterocycles. The van der Waals surface area contributed by atoms with Crippen molar-refractivity contribution in [1.29, 1.82) is 0 Å². The second-order valence-corrected chi connectivity index (χ2v) is 10.6. The van der Waals surface area contributed by atoms with Crippen LogP contribution in [0.4, 0.5) is 14.5 Å². The van der Waals surface area contributed by atoms with Gasteiger partial charge >= 0.3 is 12.6 Å². The number of hydrogen-bond acceptors (Lipinski definition) is 7. The minimum Gasteiger partial charge on any atom is -0.497 e. The highest BCUT2D eigenvalue weighted by Gasteiger charge is 2.31. The lowest BCUT2D eigenvalue weighted by atomic mass is 10.0. The molecule has 1 atom stereocenters. The van der Waals surface area contributed by atoms with Crippen LogP contribution in [0.15, 0.2) is 48.8 Å². The maximum absolute atomic E-state index is 13.3. The van der Waals surface area contributed by atoms with Crippen LogP contribution >= 0.6 is 23.2 Å². The average Bonchev–Trinajstić information content (AvgIpc) is 3.72. The van der Waals surface area contributed by atoms with Gasteiger partial charge in [0.2, 0.25) is 5.91 Å². The molecule has 0 bridgehead atoms. The number of methoxy groups -OCH3 is 1. The summed E-state index contributed by atoms with van der Waals surface area (Å²) in [6.45, 7) is -3.05. The number of aromatic nitrogens is 1. The first-order valence-corrected chi connectivity index (χ1v) is 13.6. The Balaban J connectivity index is 1.42. The van der Waals surface area contributed by atoms with E-state index in [1.54, 1.807) is 18.2 Å². The van der Waals surface area contributed by atoms with Crippen LogP contribution in [0.25, 0.3) is 0 Å². The molecule has 5 rings (SSSR count). The van der Waals surface area contributed by atoms with Crippen LogP contribution in [0, 0.1) is 5.92 Å². The number of rotatable bonds is 12. The molecule has 0 unspecified atom stereocenters. The SMILES string of the molecule is COc1ccc2c(c1)CC(=O)N2CC(=O)O[C@@H](Cc1c(Cl)cncc1Cl)c1ccc(OC(F)F)c(OCC2CC2)c1. The van der Waals surface area contributed by atoms with Gasteiger partial charge in [-0.1, -0.05) is 29.3 Å². The van der Waals surface area contributed by atoms with E-state index in [0.717, 1.165) is 18.4 Å². The molecule has 2 heterocycles. The summed E-state index contributed by atoms with van der Waals surface area (Å²) in [6.07, 6.45) is 4.03. The van der Waals surface area contributed by atoms with Crippen LogP contribution in [0.2, 0.25) is 10.0 Å². The molecule has 1 aromatic heterocycles. The number of benzene rings is 2. The molecule has 12 heteroatoms. The normalized spacial score (nSPS) is 15.1. The van der Waals surface area contributed by atoms with E-state index >= 15 is 0 Å². The fourth-order valence-electron chi connectivity index (χ4n) is 4.55. The summed E-state index contributed by atoms with van der Waals surface area (Å²) in [4.78, 5) is 31.3. The first-order chi connectivity index (χ1) is 19.7. The van der Waals surface area contributed by atoms with Crippen LogP contribution in [-0.4, -0.2) is 43.7 Å². The number of esters is 1. The van der Waals surface area contributed by atoms with E-state index in [1.807, 2.05) is 0 Å². The second kappa shape index (κ2) is 12.5. The summed E-state index contributed by atoms with van der Waals surface area (Å²) in [6, 6.07) is 9.52. The highest BCUT2D eigenvalue weighted by Crippen LogP contribution is 2.38. The number of nitrogens with zero attached hydrogens (tertiary/aromatic N) is 2. The van der Waals surface area contributed by atoms with Crippen molar-refractivity contribution < 1.29 is 37.3 Å². The summed E-state index contributed by atoms with van der Waals surface area (Å²) < 4.78 is 47.7. The van der Waals surface area contributed by atoms with Gasteiger partial charge in [-0.3, -0.25) is 14.6 Å². The maximum atomic E-state index is 13.3. The smallest absolute Gasteiger partial charge is 0.387 e. The molecule has 0 spiro atoms. The Bertz CT molecular complexity index is 1430. The Labute approximate surface area is 245 Å². The quantitative estimate of drug-likeness (QED) is 0.227. The van der Waals surface area contributed by atoms with E-state index in [1.165, 1.54) is 42.6 Å². The number of carbonyl (C=O) groups excluding carboxylic acids is 2. The van der Waals surface area contributed by atoms with Gasteiger partial charge in [-0.25, -0.2) is 0 Å². The third-order valence-corrected chi connectivity index (χ3v) is 7.50. The van der Waals surface area contributed by atoms with Gasteiger partial charge < -0.3 is 23.8 Å². The molecular formula is C29H26Cl2F2N2O6. The van der Waals surface area contributed by atoms with Crippen molar-refractivity contribution in [2.24, 2.45) is 5.92 Å². The molecule has 41 heavy (non-hydrogen) atoms. The highest BCUT2D eigenvalue weighted by atomic mass is 35.5. The van der Waals surface area contributed by atoms with Crippen molar-refractivity contribution in [3.05, 3.63) is 75.5 Å². The minimum absolute atomic E-state index is 0.0464. The number of carbonyl (C=O) groups is 2. The van der Waals surface area contributed by atoms with Crippen LogP contribution in [-0.2, 0) is 27.2 Å². The van der Waals surface area contributed by atoms with Gasteiger partial charge in [-0.05, 0) is 65.8 Å². The zero-order valence-corrected chi connectivity index (χ0v) is 23.5. The predicted octanol–water partition coefficient (Wildman–Crippen LogP) is 6.20. The van der Waals surface area contributed by atoms with E-state index in [0.29, 0.717) is 35.1 Å². The Morgan fingerprint density at radius 3 is 2.54 bits per heavy atom. The van der Waals surface area contributed by atoms with Crippen LogP contribution < -0.4 is 19.1 Å². The van der Waals surface area contributed by atoms with E-state index < -0.39 is 18.7 Å². The Morgan fingerprint density at radius 1 is 1.10 bits per heavy atom. The van der Waals surface area contributed by atoms with Gasteiger partial charge in [0, 0.05) is 24.5 Å². The Kier molecular flexibility index (Phi) is 8.79.